The zero-order chi connectivity index (χ0) is 16.6. The summed E-state index contributed by atoms with van der Waals surface area (Å²) in [6.07, 6.45) is 0. The molecule has 0 amide bonds. The standard InChI is InChI=1S/C18H20N2O3.ClH/c1-20-14-10-16(23-4)15(22-3)9-13(14)17(18(20)19)11-5-7-12(21-2)8-6-11;/h5-10H,19H2,1-4H3;1H. The van der Waals surface area contributed by atoms with Crippen molar-refractivity contribution in [3.63, 3.8) is 0 Å². The maximum absolute atomic E-state index is 6.35. The van der Waals surface area contributed by atoms with Gasteiger partial charge in [-0.3, -0.25) is 0 Å². The molecule has 1 heterocycles. The lowest BCUT2D eigenvalue weighted by atomic mass is 10.0. The molecule has 2 aromatic carbocycles. The number of anilines is 1. The second kappa shape index (κ2) is 6.93. The molecule has 0 aliphatic heterocycles. The smallest absolute Gasteiger partial charge is 0.162 e. The van der Waals surface area contributed by atoms with E-state index in [0.29, 0.717) is 17.3 Å². The van der Waals surface area contributed by atoms with E-state index in [9.17, 15) is 0 Å². The largest absolute Gasteiger partial charge is 0.497 e. The Labute approximate surface area is 147 Å². The van der Waals surface area contributed by atoms with Gasteiger partial charge in [-0.1, -0.05) is 12.1 Å². The Morgan fingerprint density at radius 3 is 2.00 bits per heavy atom. The summed E-state index contributed by atoms with van der Waals surface area (Å²) >= 11 is 0. The van der Waals surface area contributed by atoms with Gasteiger partial charge in [0.2, 0.25) is 0 Å². The molecular weight excluding hydrogens is 328 g/mol. The lowest BCUT2D eigenvalue weighted by molar-refractivity contribution is 0.355. The van der Waals surface area contributed by atoms with Crippen molar-refractivity contribution in [2.24, 2.45) is 7.05 Å². The van der Waals surface area contributed by atoms with Crippen LogP contribution >= 0.6 is 12.4 Å². The number of hydrogen-bond acceptors (Lipinski definition) is 4. The second-order valence-corrected chi connectivity index (χ2v) is 5.27. The molecule has 0 fully saturated rings. The van der Waals surface area contributed by atoms with E-state index in [1.807, 2.05) is 48.0 Å². The lowest BCUT2D eigenvalue weighted by Gasteiger charge is -2.08. The van der Waals surface area contributed by atoms with Crippen LogP contribution in [-0.4, -0.2) is 25.9 Å². The molecule has 0 bridgehead atoms. The van der Waals surface area contributed by atoms with E-state index in [-0.39, 0.29) is 12.4 Å². The van der Waals surface area contributed by atoms with Crippen molar-refractivity contribution in [3.8, 4) is 28.4 Å². The van der Waals surface area contributed by atoms with Gasteiger partial charge in [0.15, 0.2) is 11.5 Å². The predicted molar refractivity (Wildman–Crippen MR) is 99.7 cm³/mol. The summed E-state index contributed by atoms with van der Waals surface area (Å²) in [4.78, 5) is 0. The Balaban J connectivity index is 0.00000208. The molecule has 128 valence electrons. The Hall–Kier alpha value is -2.53. The number of hydrogen-bond donors (Lipinski definition) is 1. The number of nitrogen functional groups attached to an aromatic ring is 1. The Bertz CT molecular complexity index is 857. The van der Waals surface area contributed by atoms with Crippen molar-refractivity contribution in [1.82, 2.24) is 4.57 Å². The molecular formula is C18H21ClN2O3. The minimum Gasteiger partial charge on any atom is -0.497 e. The van der Waals surface area contributed by atoms with Crippen molar-refractivity contribution < 1.29 is 14.2 Å². The van der Waals surface area contributed by atoms with Crippen molar-refractivity contribution in [2.75, 3.05) is 27.1 Å². The number of benzene rings is 2. The van der Waals surface area contributed by atoms with Crippen LogP contribution in [0, 0.1) is 0 Å². The van der Waals surface area contributed by atoms with Gasteiger partial charge in [-0.25, -0.2) is 0 Å². The van der Waals surface area contributed by atoms with Crippen LogP contribution in [0.3, 0.4) is 0 Å². The van der Waals surface area contributed by atoms with Crippen LogP contribution in [0.25, 0.3) is 22.0 Å². The van der Waals surface area contributed by atoms with Gasteiger partial charge in [0.25, 0.3) is 0 Å². The number of aryl methyl sites for hydroxylation is 1. The number of rotatable bonds is 4. The van der Waals surface area contributed by atoms with Crippen LogP contribution in [0.2, 0.25) is 0 Å². The van der Waals surface area contributed by atoms with E-state index in [4.69, 9.17) is 19.9 Å². The number of halogens is 1. The van der Waals surface area contributed by atoms with Gasteiger partial charge in [-0.2, -0.15) is 0 Å². The molecule has 0 aliphatic carbocycles. The van der Waals surface area contributed by atoms with Gasteiger partial charge in [-0.15, -0.1) is 12.4 Å². The fourth-order valence-electron chi connectivity index (χ4n) is 2.84. The summed E-state index contributed by atoms with van der Waals surface area (Å²) < 4.78 is 18.0. The van der Waals surface area contributed by atoms with Gasteiger partial charge in [0.1, 0.15) is 11.6 Å². The fraction of sp³-hybridized carbons (Fsp3) is 0.222. The first-order valence-corrected chi connectivity index (χ1v) is 7.25. The van der Waals surface area contributed by atoms with E-state index < -0.39 is 0 Å². The van der Waals surface area contributed by atoms with E-state index in [0.717, 1.165) is 27.8 Å². The van der Waals surface area contributed by atoms with Gasteiger partial charge in [-0.05, 0) is 23.8 Å². The zero-order valence-electron chi connectivity index (χ0n) is 14.1. The maximum atomic E-state index is 6.35. The second-order valence-electron chi connectivity index (χ2n) is 5.27. The summed E-state index contributed by atoms with van der Waals surface area (Å²) in [5.41, 5.74) is 9.35. The van der Waals surface area contributed by atoms with Gasteiger partial charge in [0.05, 0.1) is 26.8 Å². The zero-order valence-corrected chi connectivity index (χ0v) is 14.9. The van der Waals surface area contributed by atoms with Crippen LogP contribution in [0.5, 0.6) is 17.2 Å². The summed E-state index contributed by atoms with van der Waals surface area (Å²) in [5.74, 6) is 2.87. The topological polar surface area (TPSA) is 58.6 Å². The predicted octanol–water partition coefficient (Wildman–Crippen LogP) is 3.88. The van der Waals surface area contributed by atoms with Crippen LogP contribution in [0.4, 0.5) is 5.82 Å². The Morgan fingerprint density at radius 1 is 0.875 bits per heavy atom. The van der Waals surface area contributed by atoms with Crippen LogP contribution < -0.4 is 19.9 Å². The lowest BCUT2D eigenvalue weighted by Crippen LogP contribution is -1.97. The first-order chi connectivity index (χ1) is 11.1. The highest BCUT2D eigenvalue weighted by Crippen LogP contribution is 2.41. The molecule has 0 aliphatic rings. The molecule has 3 rings (SSSR count). The van der Waals surface area contributed by atoms with E-state index in [1.165, 1.54) is 0 Å². The SMILES string of the molecule is COc1ccc(-c2c(N)n(C)c3cc(OC)c(OC)cc23)cc1.Cl. The van der Waals surface area contributed by atoms with Gasteiger partial charge in [0, 0.05) is 24.1 Å². The first-order valence-electron chi connectivity index (χ1n) is 7.25. The highest BCUT2D eigenvalue weighted by Gasteiger charge is 2.18. The van der Waals surface area contributed by atoms with Gasteiger partial charge >= 0.3 is 0 Å². The van der Waals surface area contributed by atoms with E-state index in [1.54, 1.807) is 21.3 Å². The normalized spacial score (nSPS) is 10.3. The third kappa shape index (κ3) is 2.71. The highest BCUT2D eigenvalue weighted by atomic mass is 35.5. The number of nitrogens with zero attached hydrogens (tertiary/aromatic N) is 1. The number of fused-ring (bicyclic) bond motifs is 1. The summed E-state index contributed by atoms with van der Waals surface area (Å²) in [6, 6.07) is 11.8. The highest BCUT2D eigenvalue weighted by molar-refractivity contribution is 6.03. The molecule has 24 heavy (non-hydrogen) atoms. The van der Waals surface area contributed by atoms with Crippen LogP contribution in [-0.2, 0) is 7.05 Å². The molecule has 5 nitrogen and oxygen atoms in total. The molecule has 0 saturated carbocycles. The van der Waals surface area contributed by atoms with Gasteiger partial charge < -0.3 is 24.5 Å². The summed E-state index contributed by atoms with van der Waals surface area (Å²) in [5, 5.41) is 1.02. The first kappa shape index (κ1) is 17.8. The summed E-state index contributed by atoms with van der Waals surface area (Å²) in [7, 11) is 6.85. The minimum absolute atomic E-state index is 0. The molecule has 2 N–H and O–H groups in total. The number of ether oxygens (including phenoxy) is 3. The third-order valence-electron chi connectivity index (χ3n) is 4.13. The molecule has 0 radical (unpaired) electrons. The number of aromatic nitrogens is 1. The molecule has 1 aromatic heterocycles. The molecule has 0 spiro atoms. The molecule has 3 aromatic rings. The fourth-order valence-corrected chi connectivity index (χ4v) is 2.84. The minimum atomic E-state index is 0. The van der Waals surface area contributed by atoms with Crippen molar-refractivity contribution in [2.45, 2.75) is 0 Å². The average Bonchev–Trinajstić information content (AvgIpc) is 2.84. The average molecular weight is 349 g/mol. The molecule has 0 unspecified atom stereocenters. The molecule has 0 saturated heterocycles. The van der Waals surface area contributed by atoms with Crippen LogP contribution in [0.15, 0.2) is 36.4 Å². The summed E-state index contributed by atoms with van der Waals surface area (Å²) in [6.45, 7) is 0. The van der Waals surface area contributed by atoms with E-state index in [2.05, 4.69) is 0 Å². The molecule has 0 atom stereocenters. The quantitative estimate of drug-likeness (QED) is 0.777. The number of methoxy groups -OCH3 is 3. The Morgan fingerprint density at radius 2 is 1.46 bits per heavy atom. The third-order valence-corrected chi connectivity index (χ3v) is 4.13. The van der Waals surface area contributed by atoms with E-state index >= 15 is 0 Å². The monoisotopic (exact) mass is 348 g/mol. The maximum Gasteiger partial charge on any atom is 0.162 e. The van der Waals surface area contributed by atoms with Crippen molar-refractivity contribution >= 4 is 29.1 Å². The van der Waals surface area contributed by atoms with Crippen LogP contribution in [0.1, 0.15) is 0 Å². The molecule has 6 heteroatoms. The Kier molecular flexibility index (Phi) is 5.14. The van der Waals surface area contributed by atoms with Crippen molar-refractivity contribution in [1.29, 1.82) is 0 Å². The number of nitrogens with two attached hydrogens (primary N) is 1. The van der Waals surface area contributed by atoms with Crippen molar-refractivity contribution in [3.05, 3.63) is 36.4 Å².